The van der Waals surface area contributed by atoms with Gasteiger partial charge in [0.05, 0.1) is 28.1 Å². The Balaban J connectivity index is 1.43. The Bertz CT molecular complexity index is 1390. The van der Waals surface area contributed by atoms with Crippen LogP contribution in [0.4, 0.5) is 13.2 Å². The molecule has 4 aliphatic rings. The van der Waals surface area contributed by atoms with E-state index in [2.05, 4.69) is 9.97 Å². The smallest absolute Gasteiger partial charge is 0.373 e. The van der Waals surface area contributed by atoms with Gasteiger partial charge in [-0.05, 0) is 69.7 Å². The van der Waals surface area contributed by atoms with E-state index in [1.807, 2.05) is 25.1 Å². The lowest BCUT2D eigenvalue weighted by Gasteiger charge is -2.70. The third-order valence-corrected chi connectivity index (χ3v) is 8.43. The summed E-state index contributed by atoms with van der Waals surface area (Å²) >= 11 is 0. The van der Waals surface area contributed by atoms with E-state index in [1.165, 1.54) is 4.57 Å². The van der Waals surface area contributed by atoms with Gasteiger partial charge in [0.25, 0.3) is 5.56 Å². The predicted octanol–water partition coefficient (Wildman–Crippen LogP) is 4.96. The Morgan fingerprint density at radius 3 is 2.57 bits per heavy atom. The summed E-state index contributed by atoms with van der Waals surface area (Å²) in [5.41, 5.74) is 1.23. The first kappa shape index (κ1) is 22.6. The second-order valence-electron chi connectivity index (χ2n) is 10.7. The highest BCUT2D eigenvalue weighted by Gasteiger charge is 2.79. The molecular formula is C26H27F3N4O2. The summed E-state index contributed by atoms with van der Waals surface area (Å²) in [6, 6.07) is 5.83. The van der Waals surface area contributed by atoms with E-state index in [-0.39, 0.29) is 36.8 Å². The zero-order valence-electron chi connectivity index (χ0n) is 19.9. The molecule has 1 saturated heterocycles. The van der Waals surface area contributed by atoms with E-state index in [0.717, 1.165) is 23.4 Å². The van der Waals surface area contributed by atoms with Gasteiger partial charge in [0, 0.05) is 42.6 Å². The number of pyridine rings is 2. The zero-order valence-corrected chi connectivity index (χ0v) is 19.9. The molecule has 2 bridgehead atoms. The first-order valence-electron chi connectivity index (χ1n) is 12.0. The van der Waals surface area contributed by atoms with Crippen LogP contribution < -0.4 is 5.56 Å². The number of hydrogen-bond donors (Lipinski definition) is 0. The van der Waals surface area contributed by atoms with Crippen LogP contribution in [0.1, 0.15) is 72.6 Å². The van der Waals surface area contributed by atoms with Crippen LogP contribution in [0.5, 0.6) is 0 Å². The number of halogens is 3. The number of hydrogen-bond acceptors (Lipinski definition) is 5. The molecule has 1 aliphatic heterocycles. The highest BCUT2D eigenvalue weighted by Crippen LogP contribution is 2.78. The molecule has 0 aromatic carbocycles. The normalized spacial score (nSPS) is 30.1. The molecule has 4 fully saturated rings. The summed E-state index contributed by atoms with van der Waals surface area (Å²) in [4.78, 5) is 27.1. The molecule has 3 aromatic heterocycles. The molecule has 6 nitrogen and oxygen atoms in total. The highest BCUT2D eigenvalue weighted by atomic mass is 19.4. The molecule has 2 unspecified atom stereocenters. The van der Waals surface area contributed by atoms with Crippen molar-refractivity contribution in [1.29, 1.82) is 0 Å². The van der Waals surface area contributed by atoms with Crippen LogP contribution in [-0.2, 0) is 17.2 Å². The molecule has 0 N–H and O–H groups in total. The van der Waals surface area contributed by atoms with Crippen molar-refractivity contribution in [2.75, 3.05) is 6.61 Å². The van der Waals surface area contributed by atoms with Gasteiger partial charge in [0.15, 0.2) is 0 Å². The maximum Gasteiger partial charge on any atom is 0.394 e. The summed E-state index contributed by atoms with van der Waals surface area (Å²) in [6.45, 7) is 4.25. The minimum atomic E-state index is -4.22. The lowest BCUT2D eigenvalue weighted by atomic mass is 9.33. The summed E-state index contributed by atoms with van der Waals surface area (Å²) in [5, 5.41) is 0.366. The van der Waals surface area contributed by atoms with Crippen molar-refractivity contribution in [2.24, 2.45) is 12.5 Å². The van der Waals surface area contributed by atoms with Crippen molar-refractivity contribution >= 4 is 10.9 Å². The molecule has 35 heavy (non-hydrogen) atoms. The Kier molecular flexibility index (Phi) is 4.75. The van der Waals surface area contributed by atoms with Crippen LogP contribution >= 0.6 is 0 Å². The van der Waals surface area contributed by atoms with Crippen LogP contribution in [0.25, 0.3) is 10.9 Å². The fourth-order valence-electron chi connectivity index (χ4n) is 6.41. The van der Waals surface area contributed by atoms with E-state index in [4.69, 9.17) is 9.72 Å². The minimum Gasteiger partial charge on any atom is -0.373 e. The Hall–Kier alpha value is -2.81. The Morgan fingerprint density at radius 2 is 1.89 bits per heavy atom. The number of nitrogens with zero attached hydrogens (tertiary/aromatic N) is 4. The van der Waals surface area contributed by atoms with E-state index >= 15 is 0 Å². The predicted molar refractivity (Wildman–Crippen MR) is 123 cm³/mol. The fraction of sp³-hybridized carbons (Fsp3) is 0.538. The third-order valence-electron chi connectivity index (χ3n) is 8.43. The number of aryl methyl sites for hydroxylation is 2. The maximum atomic E-state index is 13.6. The lowest BCUT2D eigenvalue weighted by Crippen LogP contribution is -2.70. The topological polar surface area (TPSA) is 69.9 Å². The average molecular weight is 485 g/mol. The summed E-state index contributed by atoms with van der Waals surface area (Å²) < 4.78 is 48.3. The summed E-state index contributed by atoms with van der Waals surface area (Å²) in [5.74, 6) is 0.618. The van der Waals surface area contributed by atoms with Crippen LogP contribution in [0, 0.1) is 19.3 Å². The molecule has 3 saturated carbocycles. The first-order chi connectivity index (χ1) is 16.5. The average Bonchev–Trinajstić information content (AvgIpc) is 2.74. The van der Waals surface area contributed by atoms with Crippen LogP contribution in [-0.4, -0.2) is 32.3 Å². The SMILES string of the molecule is Cc1cc(C2CC(c3cc4nc(C)n(C)c(=O)c4c(C45CC(C(F)(F)F)(C4)C5)n3)CCO2)ccn1. The number of ether oxygens (including phenoxy) is 1. The molecule has 184 valence electrons. The van der Waals surface area contributed by atoms with Crippen molar-refractivity contribution in [3.63, 3.8) is 0 Å². The molecule has 2 atom stereocenters. The number of rotatable bonds is 3. The lowest BCUT2D eigenvalue weighted by molar-refractivity contribution is -0.337. The summed E-state index contributed by atoms with van der Waals surface area (Å²) in [6.07, 6.45) is -1.12. The molecule has 9 heteroatoms. The number of alkyl halides is 3. The van der Waals surface area contributed by atoms with Gasteiger partial charge in [0.2, 0.25) is 0 Å². The third kappa shape index (κ3) is 3.27. The second-order valence-corrected chi connectivity index (χ2v) is 10.7. The molecule has 7 rings (SSSR count). The van der Waals surface area contributed by atoms with Gasteiger partial charge >= 0.3 is 6.18 Å². The monoisotopic (exact) mass is 484 g/mol. The molecule has 0 amide bonds. The van der Waals surface area contributed by atoms with Gasteiger partial charge in [0.1, 0.15) is 5.82 Å². The molecule has 3 aromatic rings. The van der Waals surface area contributed by atoms with E-state index in [9.17, 15) is 18.0 Å². The van der Waals surface area contributed by atoms with Crippen molar-refractivity contribution < 1.29 is 17.9 Å². The fourth-order valence-corrected chi connectivity index (χ4v) is 6.41. The quantitative estimate of drug-likeness (QED) is 0.526. The molecule has 0 spiro atoms. The standard InChI is InChI=1S/C26H27F3N4O2/c1-14-8-17(4-6-30-14)20-9-16(5-7-35-20)18-10-19-21(23(34)33(3)15(2)31-19)22(32-18)24-11-25(12-24,13-24)26(27,28)29/h4,6,8,10,16,20H,5,7,9,11-13H2,1-3H3. The van der Waals surface area contributed by atoms with Gasteiger partial charge in [-0.2, -0.15) is 13.2 Å². The summed E-state index contributed by atoms with van der Waals surface area (Å²) in [7, 11) is 1.64. The number of fused-ring (bicyclic) bond motifs is 1. The maximum absolute atomic E-state index is 13.6. The van der Waals surface area contributed by atoms with Crippen molar-refractivity contribution in [3.05, 3.63) is 63.2 Å². The largest absolute Gasteiger partial charge is 0.394 e. The molecule has 4 heterocycles. The van der Waals surface area contributed by atoms with Crippen LogP contribution in [0.3, 0.4) is 0 Å². The Labute approximate surface area is 200 Å². The first-order valence-corrected chi connectivity index (χ1v) is 12.0. The second kappa shape index (κ2) is 7.35. The van der Waals surface area contributed by atoms with E-state index in [1.54, 1.807) is 20.2 Å². The van der Waals surface area contributed by atoms with Crippen LogP contribution in [0.15, 0.2) is 29.2 Å². The van der Waals surface area contributed by atoms with Gasteiger partial charge < -0.3 is 4.74 Å². The van der Waals surface area contributed by atoms with Gasteiger partial charge in [-0.25, -0.2) is 4.98 Å². The van der Waals surface area contributed by atoms with Crippen molar-refractivity contribution in [1.82, 2.24) is 19.5 Å². The zero-order chi connectivity index (χ0) is 24.8. The molecular weight excluding hydrogens is 457 g/mol. The van der Waals surface area contributed by atoms with E-state index in [0.29, 0.717) is 35.4 Å². The van der Waals surface area contributed by atoms with Crippen LogP contribution in [0.2, 0.25) is 0 Å². The van der Waals surface area contributed by atoms with Crippen molar-refractivity contribution in [3.8, 4) is 0 Å². The molecule has 0 radical (unpaired) electrons. The minimum absolute atomic E-state index is 0.00121. The highest BCUT2D eigenvalue weighted by molar-refractivity contribution is 5.82. The van der Waals surface area contributed by atoms with Gasteiger partial charge in [-0.1, -0.05) is 0 Å². The van der Waals surface area contributed by atoms with Gasteiger partial charge in [-0.15, -0.1) is 0 Å². The Morgan fingerprint density at radius 1 is 1.14 bits per heavy atom. The van der Waals surface area contributed by atoms with E-state index < -0.39 is 17.0 Å². The number of aromatic nitrogens is 4. The van der Waals surface area contributed by atoms with Gasteiger partial charge in [-0.3, -0.25) is 19.3 Å². The van der Waals surface area contributed by atoms with Crippen molar-refractivity contribution in [2.45, 2.75) is 69.6 Å². The molecule has 3 aliphatic carbocycles.